The normalized spacial score (nSPS) is 25.5. The van der Waals surface area contributed by atoms with E-state index in [2.05, 4.69) is 4.90 Å². The van der Waals surface area contributed by atoms with Crippen LogP contribution in [-0.4, -0.2) is 74.5 Å². The van der Waals surface area contributed by atoms with E-state index in [9.17, 15) is 19.5 Å². The van der Waals surface area contributed by atoms with Crippen LogP contribution in [0.3, 0.4) is 0 Å². The van der Waals surface area contributed by atoms with Gasteiger partial charge in [-0.3, -0.25) is 9.59 Å². The predicted octanol–water partition coefficient (Wildman–Crippen LogP) is 1.35. The van der Waals surface area contributed by atoms with E-state index in [-0.39, 0.29) is 16.9 Å². The molecule has 0 aromatic heterocycles. The highest BCUT2D eigenvalue weighted by Gasteiger charge is 2.53. The lowest BCUT2D eigenvalue weighted by Gasteiger charge is -2.45. The van der Waals surface area contributed by atoms with E-state index in [1.807, 2.05) is 7.05 Å². The molecule has 2 atom stereocenters. The van der Waals surface area contributed by atoms with Gasteiger partial charge in [0.2, 0.25) is 5.91 Å². The van der Waals surface area contributed by atoms with Gasteiger partial charge in [-0.25, -0.2) is 4.79 Å². The van der Waals surface area contributed by atoms with Crippen molar-refractivity contribution in [1.29, 1.82) is 0 Å². The second kappa shape index (κ2) is 7.44. The van der Waals surface area contributed by atoms with Crippen molar-refractivity contribution in [2.45, 2.75) is 37.6 Å². The molecule has 8 heteroatoms. The van der Waals surface area contributed by atoms with Crippen LogP contribution in [0.1, 0.15) is 26.7 Å². The monoisotopic (exact) mass is 360 g/mol. The van der Waals surface area contributed by atoms with Crippen molar-refractivity contribution in [2.24, 2.45) is 5.92 Å². The number of thioether (sulfide) groups is 2. The van der Waals surface area contributed by atoms with E-state index in [1.54, 1.807) is 23.6 Å². The molecule has 2 fully saturated rings. The summed E-state index contributed by atoms with van der Waals surface area (Å²) in [4.78, 5) is 39.1. The lowest BCUT2D eigenvalue weighted by atomic mass is 9.99. The Morgan fingerprint density at radius 1 is 1.35 bits per heavy atom. The van der Waals surface area contributed by atoms with Crippen LogP contribution >= 0.6 is 23.5 Å². The van der Waals surface area contributed by atoms with Gasteiger partial charge in [-0.15, -0.1) is 11.8 Å². The summed E-state index contributed by atoms with van der Waals surface area (Å²) >= 11 is 2.73. The van der Waals surface area contributed by atoms with Crippen molar-refractivity contribution >= 4 is 40.5 Å². The summed E-state index contributed by atoms with van der Waals surface area (Å²) in [5.74, 6) is -0.593. The smallest absolute Gasteiger partial charge is 0.327 e. The van der Waals surface area contributed by atoms with Gasteiger partial charge in [0.05, 0.1) is 4.87 Å². The van der Waals surface area contributed by atoms with Crippen LogP contribution in [0.25, 0.3) is 0 Å². The summed E-state index contributed by atoms with van der Waals surface area (Å²) in [7, 11) is 2.04. The number of nitrogens with zero attached hydrogens (tertiary/aromatic N) is 2. The molecule has 0 radical (unpaired) electrons. The lowest BCUT2D eigenvalue weighted by Crippen LogP contribution is -2.57. The molecule has 2 aliphatic heterocycles. The Bertz CT molecular complexity index is 492. The fraction of sp³-hybridized carbons (Fsp3) is 0.800. The van der Waals surface area contributed by atoms with Gasteiger partial charge in [-0.2, -0.15) is 0 Å². The van der Waals surface area contributed by atoms with Crippen molar-refractivity contribution in [3.05, 3.63) is 0 Å². The fourth-order valence-electron chi connectivity index (χ4n) is 3.10. The molecule has 2 saturated heterocycles. The number of carboxylic acid groups (broad SMARTS) is 1. The number of piperidine rings is 1. The molecule has 6 nitrogen and oxygen atoms in total. The number of aliphatic carboxylic acids is 1. The third-order valence-electron chi connectivity index (χ3n) is 4.51. The summed E-state index contributed by atoms with van der Waals surface area (Å²) in [6.07, 6.45) is 1.58. The van der Waals surface area contributed by atoms with E-state index < -0.39 is 16.9 Å². The largest absolute Gasteiger partial charge is 0.480 e. The van der Waals surface area contributed by atoms with Gasteiger partial charge >= 0.3 is 5.97 Å². The third-order valence-corrected chi connectivity index (χ3v) is 7.21. The molecule has 1 N–H and O–H groups in total. The topological polar surface area (TPSA) is 77.9 Å². The number of rotatable bonds is 4. The molecule has 0 aromatic carbocycles. The lowest BCUT2D eigenvalue weighted by molar-refractivity contribution is -0.153. The summed E-state index contributed by atoms with van der Waals surface area (Å²) in [5.41, 5.74) is 0. The molecule has 0 bridgehead atoms. The van der Waals surface area contributed by atoms with E-state index in [1.165, 1.54) is 6.92 Å². The highest BCUT2D eigenvalue weighted by atomic mass is 32.2. The maximum absolute atomic E-state index is 12.9. The molecular formula is C15H24N2O4S2. The molecule has 2 aliphatic rings. The molecule has 130 valence electrons. The number of carbonyl (C=O) groups excluding carboxylic acids is 2. The third kappa shape index (κ3) is 4.03. The van der Waals surface area contributed by atoms with Gasteiger partial charge < -0.3 is 14.9 Å². The molecule has 0 aliphatic carbocycles. The maximum atomic E-state index is 12.9. The van der Waals surface area contributed by atoms with E-state index >= 15 is 0 Å². The van der Waals surface area contributed by atoms with E-state index in [4.69, 9.17) is 0 Å². The Kier molecular flexibility index (Phi) is 6.02. The molecule has 0 aromatic rings. The minimum Gasteiger partial charge on any atom is -0.480 e. The first-order chi connectivity index (χ1) is 10.8. The van der Waals surface area contributed by atoms with E-state index in [0.717, 1.165) is 37.7 Å². The van der Waals surface area contributed by atoms with Crippen LogP contribution in [0, 0.1) is 5.92 Å². The standard InChI is InChI=1S/C15H24N2O4S2/c1-10(8-22-11(2)18)13(19)17-12(14(20)21)9-23-15(17)4-6-16(3)7-5-15/h10,12H,4-9H2,1-3H3,(H,20,21). The SMILES string of the molecule is CC(=O)SCC(C)C(=O)N1C(C(=O)O)CSC12CCN(C)CC2. The molecule has 2 rings (SSSR count). The van der Waals surface area contributed by atoms with Gasteiger partial charge in [0.25, 0.3) is 0 Å². The van der Waals surface area contributed by atoms with Gasteiger partial charge in [0.15, 0.2) is 5.12 Å². The summed E-state index contributed by atoms with van der Waals surface area (Å²) in [5, 5.41) is 9.50. The number of amides is 1. The zero-order valence-corrected chi connectivity index (χ0v) is 15.4. The second-order valence-corrected chi connectivity index (χ2v) is 8.91. The van der Waals surface area contributed by atoms with Gasteiger partial charge in [-0.05, 0) is 19.9 Å². The Balaban J connectivity index is 2.19. The Labute approximate surface area is 145 Å². The molecule has 2 unspecified atom stereocenters. The number of likely N-dealkylation sites (tertiary alicyclic amines) is 1. The number of carbonyl (C=O) groups is 3. The first-order valence-corrected chi connectivity index (χ1v) is 9.76. The van der Waals surface area contributed by atoms with Crippen LogP contribution in [0.5, 0.6) is 0 Å². The van der Waals surface area contributed by atoms with Crippen LogP contribution in [0.2, 0.25) is 0 Å². The van der Waals surface area contributed by atoms with Gasteiger partial charge in [-0.1, -0.05) is 18.7 Å². The first-order valence-electron chi connectivity index (χ1n) is 7.78. The maximum Gasteiger partial charge on any atom is 0.327 e. The van der Waals surface area contributed by atoms with Gasteiger partial charge in [0, 0.05) is 37.4 Å². The van der Waals surface area contributed by atoms with Crippen molar-refractivity contribution in [1.82, 2.24) is 9.80 Å². The van der Waals surface area contributed by atoms with Crippen molar-refractivity contribution in [3.8, 4) is 0 Å². The number of hydrogen-bond acceptors (Lipinski definition) is 6. The number of hydrogen-bond donors (Lipinski definition) is 1. The van der Waals surface area contributed by atoms with Gasteiger partial charge in [0.1, 0.15) is 6.04 Å². The van der Waals surface area contributed by atoms with Crippen LogP contribution < -0.4 is 0 Å². The average molecular weight is 361 g/mol. The highest BCUT2D eigenvalue weighted by molar-refractivity contribution is 8.13. The number of carboxylic acids is 1. The Hall–Kier alpha value is -0.730. The molecule has 23 heavy (non-hydrogen) atoms. The molecular weight excluding hydrogens is 336 g/mol. The van der Waals surface area contributed by atoms with Crippen LogP contribution in [-0.2, 0) is 14.4 Å². The van der Waals surface area contributed by atoms with E-state index in [0.29, 0.717) is 11.5 Å². The molecule has 1 amide bonds. The molecule has 0 saturated carbocycles. The molecule has 2 heterocycles. The average Bonchev–Trinajstić information content (AvgIpc) is 2.86. The minimum atomic E-state index is -0.937. The summed E-state index contributed by atoms with van der Waals surface area (Å²) < 4.78 is 0. The van der Waals surface area contributed by atoms with Crippen molar-refractivity contribution < 1.29 is 19.5 Å². The quantitative estimate of drug-likeness (QED) is 0.811. The highest BCUT2D eigenvalue weighted by Crippen LogP contribution is 2.47. The van der Waals surface area contributed by atoms with Crippen LogP contribution in [0.4, 0.5) is 0 Å². The van der Waals surface area contributed by atoms with Crippen LogP contribution in [0.15, 0.2) is 0 Å². The Morgan fingerprint density at radius 2 is 1.96 bits per heavy atom. The first kappa shape index (κ1) is 18.6. The van der Waals surface area contributed by atoms with Crippen molar-refractivity contribution in [3.63, 3.8) is 0 Å². The summed E-state index contributed by atoms with van der Waals surface area (Å²) in [6, 6.07) is -0.763. The minimum absolute atomic E-state index is 0.0239. The predicted molar refractivity (Wildman–Crippen MR) is 92.5 cm³/mol. The summed E-state index contributed by atoms with van der Waals surface area (Å²) in [6.45, 7) is 4.98. The fourth-order valence-corrected chi connectivity index (χ4v) is 5.32. The Morgan fingerprint density at radius 3 is 2.48 bits per heavy atom. The second-order valence-electron chi connectivity index (χ2n) is 6.33. The zero-order valence-electron chi connectivity index (χ0n) is 13.8. The zero-order chi connectivity index (χ0) is 17.2. The molecule has 1 spiro atoms. The van der Waals surface area contributed by atoms with Crippen molar-refractivity contribution in [2.75, 3.05) is 31.6 Å².